The third-order valence-electron chi connectivity index (χ3n) is 4.54. The standard InChI is InChI=1S/C21H12F3N3O2/c22-12-3-1-10(2-4-12)11-7-14-15(9-27-21(14)26-8-11)19(28)17-16(23)6-5-13(18(17)24)20(25)29/h1-9H,(H2,25,29)(H,26,27). The van der Waals surface area contributed by atoms with Crippen molar-refractivity contribution in [2.45, 2.75) is 0 Å². The molecule has 4 aromatic rings. The molecule has 0 fully saturated rings. The number of carbonyl (C=O) groups is 2. The molecule has 0 aliphatic carbocycles. The third kappa shape index (κ3) is 3.14. The van der Waals surface area contributed by atoms with Crippen LogP contribution in [0.5, 0.6) is 0 Å². The number of benzene rings is 2. The molecular weight excluding hydrogens is 383 g/mol. The van der Waals surface area contributed by atoms with E-state index in [1.165, 1.54) is 24.5 Å². The van der Waals surface area contributed by atoms with Gasteiger partial charge in [0.2, 0.25) is 5.78 Å². The fourth-order valence-electron chi connectivity index (χ4n) is 3.08. The van der Waals surface area contributed by atoms with Gasteiger partial charge in [-0.05, 0) is 35.9 Å². The number of fused-ring (bicyclic) bond motifs is 1. The predicted molar refractivity (Wildman–Crippen MR) is 99.8 cm³/mol. The van der Waals surface area contributed by atoms with Crippen LogP contribution in [0.25, 0.3) is 22.2 Å². The highest BCUT2D eigenvalue weighted by molar-refractivity contribution is 6.17. The van der Waals surface area contributed by atoms with Gasteiger partial charge in [0.05, 0.1) is 11.1 Å². The number of carbonyl (C=O) groups excluding carboxylic acids is 2. The maximum atomic E-state index is 14.6. The Morgan fingerprint density at radius 3 is 2.34 bits per heavy atom. The normalized spacial score (nSPS) is 11.0. The molecule has 0 aliphatic rings. The molecule has 0 atom stereocenters. The molecule has 144 valence electrons. The van der Waals surface area contributed by atoms with Crippen LogP contribution in [0.15, 0.2) is 54.9 Å². The number of H-pyrrole nitrogens is 1. The minimum absolute atomic E-state index is 0.0316. The van der Waals surface area contributed by atoms with Gasteiger partial charge in [0.1, 0.15) is 23.1 Å². The highest BCUT2D eigenvalue weighted by Crippen LogP contribution is 2.28. The Bertz CT molecular complexity index is 1280. The predicted octanol–water partition coefficient (Wildman–Crippen LogP) is 3.98. The summed E-state index contributed by atoms with van der Waals surface area (Å²) in [7, 11) is 0. The summed E-state index contributed by atoms with van der Waals surface area (Å²) in [5.41, 5.74) is 5.14. The summed E-state index contributed by atoms with van der Waals surface area (Å²) in [6, 6.07) is 8.95. The SMILES string of the molecule is NC(=O)c1ccc(F)c(C(=O)c2c[nH]c3ncc(-c4ccc(F)cc4)cc23)c1F. The second kappa shape index (κ2) is 6.90. The van der Waals surface area contributed by atoms with E-state index in [0.717, 1.165) is 12.1 Å². The Labute approximate surface area is 162 Å². The number of hydrogen-bond acceptors (Lipinski definition) is 3. The van der Waals surface area contributed by atoms with Gasteiger partial charge in [0, 0.05) is 28.9 Å². The second-order valence-corrected chi connectivity index (χ2v) is 6.31. The number of nitrogens with zero attached hydrogens (tertiary/aromatic N) is 1. The smallest absolute Gasteiger partial charge is 0.251 e. The molecule has 0 spiro atoms. The summed E-state index contributed by atoms with van der Waals surface area (Å²) < 4.78 is 42.0. The molecule has 29 heavy (non-hydrogen) atoms. The average Bonchev–Trinajstić information content (AvgIpc) is 3.11. The Morgan fingerprint density at radius 1 is 0.931 bits per heavy atom. The lowest BCUT2D eigenvalue weighted by Gasteiger charge is -2.07. The Morgan fingerprint density at radius 2 is 1.66 bits per heavy atom. The first-order valence-electron chi connectivity index (χ1n) is 8.42. The van der Waals surface area contributed by atoms with Crippen molar-refractivity contribution in [3.8, 4) is 11.1 Å². The summed E-state index contributed by atoms with van der Waals surface area (Å²) in [6.45, 7) is 0. The van der Waals surface area contributed by atoms with Gasteiger partial charge in [-0.25, -0.2) is 18.2 Å². The number of halogens is 3. The van der Waals surface area contributed by atoms with Crippen molar-refractivity contribution in [1.82, 2.24) is 9.97 Å². The zero-order valence-electron chi connectivity index (χ0n) is 14.7. The van der Waals surface area contributed by atoms with E-state index in [0.29, 0.717) is 22.2 Å². The molecule has 1 amide bonds. The molecule has 2 heterocycles. The maximum Gasteiger partial charge on any atom is 0.251 e. The molecule has 0 radical (unpaired) electrons. The van der Waals surface area contributed by atoms with Gasteiger partial charge in [-0.15, -0.1) is 0 Å². The largest absolute Gasteiger partial charge is 0.366 e. The summed E-state index contributed by atoms with van der Waals surface area (Å²) in [6.07, 6.45) is 2.81. The van der Waals surface area contributed by atoms with Gasteiger partial charge in [-0.1, -0.05) is 12.1 Å². The summed E-state index contributed by atoms with van der Waals surface area (Å²) in [5.74, 6) is -4.92. The number of ketones is 1. The molecule has 2 aromatic heterocycles. The van der Waals surface area contributed by atoms with E-state index in [1.54, 1.807) is 18.2 Å². The summed E-state index contributed by atoms with van der Waals surface area (Å²) in [5, 5.41) is 0.320. The van der Waals surface area contributed by atoms with Crippen molar-refractivity contribution in [2.75, 3.05) is 0 Å². The Kier molecular flexibility index (Phi) is 4.38. The van der Waals surface area contributed by atoms with Crippen LogP contribution in [0.2, 0.25) is 0 Å². The summed E-state index contributed by atoms with van der Waals surface area (Å²) >= 11 is 0. The summed E-state index contributed by atoms with van der Waals surface area (Å²) in [4.78, 5) is 31.2. The van der Waals surface area contributed by atoms with Crippen LogP contribution < -0.4 is 5.73 Å². The first-order valence-corrected chi connectivity index (χ1v) is 8.42. The molecule has 0 bridgehead atoms. The van der Waals surface area contributed by atoms with Gasteiger partial charge in [0.25, 0.3) is 5.91 Å². The fourth-order valence-corrected chi connectivity index (χ4v) is 3.08. The van der Waals surface area contributed by atoms with E-state index in [4.69, 9.17) is 5.73 Å². The highest BCUT2D eigenvalue weighted by Gasteiger charge is 2.25. The molecule has 0 saturated heterocycles. The third-order valence-corrected chi connectivity index (χ3v) is 4.54. The fraction of sp³-hybridized carbons (Fsp3) is 0. The number of rotatable bonds is 4. The van der Waals surface area contributed by atoms with Gasteiger partial charge in [0.15, 0.2) is 0 Å². The molecule has 8 heteroatoms. The van der Waals surface area contributed by atoms with Gasteiger partial charge in [-0.2, -0.15) is 0 Å². The second-order valence-electron chi connectivity index (χ2n) is 6.31. The van der Waals surface area contributed by atoms with Crippen LogP contribution in [-0.2, 0) is 0 Å². The molecule has 2 aromatic carbocycles. The Hall–Kier alpha value is -3.94. The first kappa shape index (κ1) is 18.4. The minimum Gasteiger partial charge on any atom is -0.366 e. The van der Waals surface area contributed by atoms with E-state index in [2.05, 4.69) is 9.97 Å². The van der Waals surface area contributed by atoms with Crippen molar-refractivity contribution in [3.63, 3.8) is 0 Å². The van der Waals surface area contributed by atoms with E-state index in [-0.39, 0.29) is 5.56 Å². The lowest BCUT2D eigenvalue weighted by molar-refractivity contribution is 0.0996. The van der Waals surface area contributed by atoms with Gasteiger partial charge >= 0.3 is 0 Å². The number of nitrogens with one attached hydrogen (secondary N) is 1. The van der Waals surface area contributed by atoms with Crippen LogP contribution in [0, 0.1) is 17.5 Å². The van der Waals surface area contributed by atoms with Crippen LogP contribution in [0.4, 0.5) is 13.2 Å². The van der Waals surface area contributed by atoms with Crippen LogP contribution in [0.1, 0.15) is 26.3 Å². The quantitative estimate of drug-likeness (QED) is 0.513. The van der Waals surface area contributed by atoms with Crippen molar-refractivity contribution < 1.29 is 22.8 Å². The molecule has 0 saturated carbocycles. The molecule has 5 nitrogen and oxygen atoms in total. The number of pyridine rings is 1. The number of aromatic amines is 1. The van der Waals surface area contributed by atoms with Gasteiger partial charge in [-0.3, -0.25) is 9.59 Å². The lowest BCUT2D eigenvalue weighted by atomic mass is 9.98. The zero-order valence-corrected chi connectivity index (χ0v) is 14.7. The average molecular weight is 395 g/mol. The van der Waals surface area contributed by atoms with Crippen molar-refractivity contribution in [3.05, 3.63) is 89.0 Å². The first-order chi connectivity index (χ1) is 13.9. The van der Waals surface area contributed by atoms with Gasteiger partial charge < -0.3 is 10.7 Å². The van der Waals surface area contributed by atoms with E-state index in [9.17, 15) is 22.8 Å². The van der Waals surface area contributed by atoms with E-state index < -0.39 is 40.3 Å². The topological polar surface area (TPSA) is 88.8 Å². The van der Waals surface area contributed by atoms with E-state index in [1.807, 2.05) is 0 Å². The van der Waals surface area contributed by atoms with Crippen molar-refractivity contribution in [1.29, 1.82) is 0 Å². The van der Waals surface area contributed by atoms with Crippen molar-refractivity contribution >= 4 is 22.7 Å². The number of amides is 1. The van der Waals surface area contributed by atoms with Crippen molar-refractivity contribution in [2.24, 2.45) is 5.73 Å². The number of primary amides is 1. The molecule has 3 N–H and O–H groups in total. The van der Waals surface area contributed by atoms with Crippen LogP contribution >= 0.6 is 0 Å². The number of hydrogen-bond donors (Lipinski definition) is 2. The Balaban J connectivity index is 1.86. The lowest BCUT2D eigenvalue weighted by Crippen LogP contribution is -2.17. The molecular formula is C21H12F3N3O2. The zero-order chi connectivity index (χ0) is 20.7. The monoisotopic (exact) mass is 395 g/mol. The molecule has 0 aliphatic heterocycles. The molecule has 4 rings (SSSR count). The minimum atomic E-state index is -1.32. The van der Waals surface area contributed by atoms with Crippen LogP contribution in [-0.4, -0.2) is 21.7 Å². The molecule has 0 unspecified atom stereocenters. The van der Waals surface area contributed by atoms with E-state index >= 15 is 0 Å². The highest BCUT2D eigenvalue weighted by atomic mass is 19.1. The number of aromatic nitrogens is 2. The number of nitrogens with two attached hydrogens (primary N) is 1. The van der Waals surface area contributed by atoms with Crippen LogP contribution in [0.3, 0.4) is 0 Å². The maximum absolute atomic E-state index is 14.6.